The van der Waals surface area contributed by atoms with Crippen LogP contribution in [0, 0.1) is 5.92 Å². The van der Waals surface area contributed by atoms with Crippen molar-refractivity contribution < 1.29 is 39.4 Å². The van der Waals surface area contributed by atoms with Gasteiger partial charge in [0.05, 0.1) is 43.4 Å². The maximum atomic E-state index is 13.2. The van der Waals surface area contributed by atoms with E-state index in [-0.39, 0.29) is 37.9 Å². The second-order valence-electron chi connectivity index (χ2n) is 12.0. The molecule has 0 aromatic rings. The van der Waals surface area contributed by atoms with Gasteiger partial charge in [-0.1, -0.05) is 0 Å². The van der Waals surface area contributed by atoms with E-state index in [9.17, 15) is 25.2 Å². The molecule has 4 rings (SSSR count). The van der Waals surface area contributed by atoms with Crippen LogP contribution in [-0.4, -0.2) is 131 Å². The Morgan fingerprint density at radius 2 is 1.84 bits per heavy atom. The van der Waals surface area contributed by atoms with E-state index in [1.807, 2.05) is 0 Å². The molecule has 4 aliphatic rings. The molecule has 244 valence electrons. The largest absolute Gasteiger partial charge is 0.491 e. The minimum atomic E-state index is -1.87. The second kappa shape index (κ2) is 12.7. The molecular formula is C25H46N10O8. The zero-order valence-electron chi connectivity index (χ0n) is 24.2. The van der Waals surface area contributed by atoms with Crippen LogP contribution in [0.5, 0.6) is 0 Å². The van der Waals surface area contributed by atoms with Crippen molar-refractivity contribution in [3.63, 3.8) is 0 Å². The van der Waals surface area contributed by atoms with E-state index in [4.69, 9.17) is 48.6 Å². The SMILES string of the molecule is CN[C@@H]1[C@@H](O)[C@@H](O[C@H]2[C@H](NC(=O)C3(O)CC3N=C(N)N)C[C@H](N)C([C@H]3OC(CN)=CC[C@H]3N=C(N)N)[C@@H]2O)OC[C@]1(C)O. The smallest absolute Gasteiger partial charge is 0.254 e. The van der Waals surface area contributed by atoms with Crippen LogP contribution >= 0.6 is 0 Å². The van der Waals surface area contributed by atoms with E-state index < -0.39 is 83.9 Å². The van der Waals surface area contributed by atoms with Gasteiger partial charge >= 0.3 is 0 Å². The van der Waals surface area contributed by atoms with Crippen molar-refractivity contribution in [2.75, 3.05) is 20.2 Å². The zero-order chi connectivity index (χ0) is 31.9. The molecular weight excluding hydrogens is 568 g/mol. The van der Waals surface area contributed by atoms with Crippen LogP contribution in [0.1, 0.15) is 26.2 Å². The molecule has 43 heavy (non-hydrogen) atoms. The molecule has 2 aliphatic heterocycles. The summed E-state index contributed by atoms with van der Waals surface area (Å²) >= 11 is 0. The third-order valence-corrected chi connectivity index (χ3v) is 8.64. The number of aliphatic hydroxyl groups excluding tert-OH is 2. The van der Waals surface area contributed by atoms with Gasteiger partial charge in [0.2, 0.25) is 0 Å². The Morgan fingerprint density at radius 1 is 1.16 bits per heavy atom. The predicted octanol–water partition coefficient (Wildman–Crippen LogP) is -6.33. The number of carbonyl (C=O) groups is 1. The molecule has 0 radical (unpaired) electrons. The molecule has 3 unspecified atom stereocenters. The highest BCUT2D eigenvalue weighted by atomic mass is 16.7. The van der Waals surface area contributed by atoms with E-state index in [0.717, 1.165) is 0 Å². The Morgan fingerprint density at radius 3 is 2.44 bits per heavy atom. The van der Waals surface area contributed by atoms with Crippen molar-refractivity contribution in [3.8, 4) is 0 Å². The van der Waals surface area contributed by atoms with E-state index in [2.05, 4.69) is 20.6 Å². The number of amides is 1. The Balaban J connectivity index is 1.64. The average Bonchev–Trinajstić information content (AvgIpc) is 3.57. The summed E-state index contributed by atoms with van der Waals surface area (Å²) in [6, 6.07) is -4.07. The molecule has 2 heterocycles. The van der Waals surface area contributed by atoms with Crippen LogP contribution in [0.3, 0.4) is 0 Å². The lowest BCUT2D eigenvalue weighted by Crippen LogP contribution is -2.69. The fraction of sp³-hybridized carbons (Fsp3) is 0.800. The summed E-state index contributed by atoms with van der Waals surface area (Å²) in [7, 11) is 1.56. The predicted molar refractivity (Wildman–Crippen MR) is 154 cm³/mol. The summed E-state index contributed by atoms with van der Waals surface area (Å²) in [5, 5.41) is 50.0. The maximum Gasteiger partial charge on any atom is 0.254 e. The fourth-order valence-electron chi connectivity index (χ4n) is 6.35. The normalized spacial score (nSPS) is 44.4. The molecule has 3 fully saturated rings. The molecule has 0 bridgehead atoms. The number of aliphatic imine (C=N–C) groups is 2. The van der Waals surface area contributed by atoms with Gasteiger partial charge in [0.1, 0.15) is 29.7 Å². The van der Waals surface area contributed by atoms with Gasteiger partial charge in [-0.25, -0.2) is 9.98 Å². The van der Waals surface area contributed by atoms with Crippen LogP contribution in [0.4, 0.5) is 0 Å². The van der Waals surface area contributed by atoms with E-state index in [1.54, 1.807) is 13.1 Å². The number of likely N-dealkylation sites (N-methyl/N-ethyl adjacent to an activating group) is 1. The fourth-order valence-corrected chi connectivity index (χ4v) is 6.35. The second-order valence-corrected chi connectivity index (χ2v) is 12.0. The standard InChI is InChI=1S/C25H46N10O8/c1-24(39)8-41-20(16(37)19(24)32-2)43-18-12(33-21(38)25(40)6-13(25)35-23(30)31)5-10(27)14(15(18)36)17-11(34-22(28)29)4-3-9(7-26)42-17/h3,10-20,32,36-37,39-40H,4-8,26-27H2,1-2H3,(H,33,38)(H4,28,29,34)(H4,30,31,35)/t10-,11+,12+,13?,14?,15-,16+,17-,18-,19+,20+,24-,25?/m0/s1. The Kier molecular flexibility index (Phi) is 9.74. The first kappa shape index (κ1) is 33.1. The first-order valence-electron chi connectivity index (χ1n) is 14.2. The van der Waals surface area contributed by atoms with Gasteiger partial charge in [-0.05, 0) is 32.9 Å². The number of aliphatic hydroxyl groups is 4. The topological polar surface area (TPSA) is 331 Å². The van der Waals surface area contributed by atoms with Crippen LogP contribution in [0.15, 0.2) is 21.8 Å². The summed E-state index contributed by atoms with van der Waals surface area (Å²) < 4.78 is 18.0. The number of guanidine groups is 2. The highest BCUT2D eigenvalue weighted by molar-refractivity contribution is 5.90. The van der Waals surface area contributed by atoms with Crippen molar-refractivity contribution >= 4 is 17.8 Å². The van der Waals surface area contributed by atoms with Crippen molar-refractivity contribution in [2.24, 2.45) is 50.3 Å². The lowest BCUT2D eigenvalue weighted by Gasteiger charge is -2.50. The Labute approximate surface area is 248 Å². The number of nitrogens with zero attached hydrogens (tertiary/aromatic N) is 2. The maximum absolute atomic E-state index is 13.2. The molecule has 0 aromatic carbocycles. The molecule has 1 amide bonds. The van der Waals surface area contributed by atoms with Crippen molar-refractivity contribution in [2.45, 2.75) is 98.3 Å². The number of ether oxygens (including phenoxy) is 3. The molecule has 1 saturated heterocycles. The van der Waals surface area contributed by atoms with Gasteiger partial charge in [-0.3, -0.25) is 4.79 Å². The van der Waals surface area contributed by atoms with Gasteiger partial charge < -0.3 is 79.7 Å². The third-order valence-electron chi connectivity index (χ3n) is 8.64. The lowest BCUT2D eigenvalue weighted by molar-refractivity contribution is -0.297. The molecule has 18 N–H and O–H groups in total. The van der Waals surface area contributed by atoms with Gasteiger partial charge in [0.15, 0.2) is 23.8 Å². The number of nitrogens with one attached hydrogen (secondary N) is 2. The minimum Gasteiger partial charge on any atom is -0.491 e. The van der Waals surface area contributed by atoms with Gasteiger partial charge in [0.25, 0.3) is 5.91 Å². The molecule has 13 atom stereocenters. The summed E-state index contributed by atoms with van der Waals surface area (Å²) in [5.41, 5.74) is 31.3. The summed E-state index contributed by atoms with van der Waals surface area (Å²) in [6.07, 6.45) is -4.06. The van der Waals surface area contributed by atoms with Gasteiger partial charge in [0, 0.05) is 18.4 Å². The first-order valence-corrected chi connectivity index (χ1v) is 14.2. The summed E-state index contributed by atoms with van der Waals surface area (Å²) in [6.45, 7) is 1.38. The quantitative estimate of drug-likeness (QED) is 0.0848. The number of rotatable bonds is 9. The van der Waals surface area contributed by atoms with Crippen LogP contribution in [0.25, 0.3) is 0 Å². The van der Waals surface area contributed by atoms with Crippen molar-refractivity contribution in [1.82, 2.24) is 10.6 Å². The highest BCUT2D eigenvalue weighted by Crippen LogP contribution is 2.41. The zero-order valence-corrected chi connectivity index (χ0v) is 24.2. The van der Waals surface area contributed by atoms with Crippen LogP contribution in [0.2, 0.25) is 0 Å². The molecule has 0 spiro atoms. The number of nitrogens with two attached hydrogens (primary N) is 6. The van der Waals surface area contributed by atoms with Crippen LogP contribution < -0.4 is 45.0 Å². The highest BCUT2D eigenvalue weighted by Gasteiger charge is 2.61. The minimum absolute atomic E-state index is 0.0140. The first-order chi connectivity index (χ1) is 20.1. The summed E-state index contributed by atoms with van der Waals surface area (Å²) in [4.78, 5) is 21.4. The number of hydrogen-bond donors (Lipinski definition) is 12. The number of hydrogen-bond acceptors (Lipinski definition) is 13. The monoisotopic (exact) mass is 614 g/mol. The van der Waals surface area contributed by atoms with E-state index in [0.29, 0.717) is 12.2 Å². The molecule has 0 aromatic heterocycles. The van der Waals surface area contributed by atoms with Crippen LogP contribution in [-0.2, 0) is 19.0 Å². The Bertz CT molecular complexity index is 1120. The van der Waals surface area contributed by atoms with Gasteiger partial charge in [-0.15, -0.1) is 0 Å². The Hall–Kier alpha value is -2.81. The molecule has 18 nitrogen and oxygen atoms in total. The average molecular weight is 615 g/mol. The molecule has 2 saturated carbocycles. The molecule has 18 heteroatoms. The van der Waals surface area contributed by atoms with Gasteiger partial charge in [-0.2, -0.15) is 0 Å². The number of carbonyl (C=O) groups excluding carboxylic acids is 1. The molecule has 2 aliphatic carbocycles. The lowest BCUT2D eigenvalue weighted by atomic mass is 9.72. The van der Waals surface area contributed by atoms with Crippen molar-refractivity contribution in [1.29, 1.82) is 0 Å². The van der Waals surface area contributed by atoms with E-state index in [1.165, 1.54) is 6.92 Å². The summed E-state index contributed by atoms with van der Waals surface area (Å²) in [5.74, 6) is -1.63. The van der Waals surface area contributed by atoms with E-state index >= 15 is 0 Å². The third kappa shape index (κ3) is 6.81. The van der Waals surface area contributed by atoms with Crippen molar-refractivity contribution in [3.05, 3.63) is 11.8 Å².